The third-order valence-electron chi connectivity index (χ3n) is 4.42. The van der Waals surface area contributed by atoms with Crippen molar-refractivity contribution in [2.24, 2.45) is 0 Å². The average Bonchev–Trinajstić information content (AvgIpc) is 2.67. The van der Waals surface area contributed by atoms with E-state index in [1.807, 2.05) is 35.2 Å². The van der Waals surface area contributed by atoms with Crippen LogP contribution in [0.1, 0.15) is 34.0 Å². The maximum absolute atomic E-state index is 12.5. The molecule has 1 saturated heterocycles. The molecule has 0 saturated carbocycles. The fourth-order valence-electron chi connectivity index (χ4n) is 2.97. The molecule has 2 aromatic carbocycles. The zero-order valence-corrected chi connectivity index (χ0v) is 13.9. The third-order valence-corrected chi connectivity index (χ3v) is 4.42. The van der Waals surface area contributed by atoms with Crippen molar-refractivity contribution in [3.05, 3.63) is 71.3 Å². The van der Waals surface area contributed by atoms with E-state index < -0.39 is 5.97 Å². The number of carbonyl (C=O) groups excluding carboxylic acids is 1. The van der Waals surface area contributed by atoms with E-state index in [4.69, 9.17) is 9.84 Å². The van der Waals surface area contributed by atoms with E-state index in [1.54, 1.807) is 24.3 Å². The van der Waals surface area contributed by atoms with Crippen LogP contribution in [-0.4, -0.2) is 41.6 Å². The number of rotatable bonds is 5. The van der Waals surface area contributed by atoms with Gasteiger partial charge < -0.3 is 14.7 Å². The number of carboxylic acids is 1. The second-order valence-corrected chi connectivity index (χ2v) is 6.11. The van der Waals surface area contributed by atoms with Gasteiger partial charge in [-0.25, -0.2) is 4.79 Å². The highest BCUT2D eigenvalue weighted by atomic mass is 16.5. The topological polar surface area (TPSA) is 66.8 Å². The highest BCUT2D eigenvalue weighted by Gasteiger charge is 2.24. The predicted molar refractivity (Wildman–Crippen MR) is 93.4 cm³/mol. The van der Waals surface area contributed by atoms with Crippen molar-refractivity contribution in [2.45, 2.75) is 18.9 Å². The Morgan fingerprint density at radius 3 is 2.48 bits per heavy atom. The lowest BCUT2D eigenvalue weighted by molar-refractivity contribution is -0.139. The largest absolute Gasteiger partial charge is 0.478 e. The third kappa shape index (κ3) is 4.45. The summed E-state index contributed by atoms with van der Waals surface area (Å²) in [6.45, 7) is 1.72. The fraction of sp³-hybridized carbons (Fsp3) is 0.300. The van der Waals surface area contributed by atoms with Crippen molar-refractivity contribution in [2.75, 3.05) is 19.7 Å². The van der Waals surface area contributed by atoms with Gasteiger partial charge in [0, 0.05) is 13.0 Å². The van der Waals surface area contributed by atoms with Gasteiger partial charge in [-0.15, -0.1) is 0 Å². The molecule has 1 atom stereocenters. The first-order chi connectivity index (χ1) is 12.1. The van der Waals surface area contributed by atoms with Gasteiger partial charge in [0.15, 0.2) is 0 Å². The molecular weight excluding hydrogens is 318 g/mol. The number of hydrogen-bond donors (Lipinski definition) is 1. The Morgan fingerprint density at radius 1 is 1.08 bits per heavy atom. The molecule has 3 rings (SSSR count). The van der Waals surface area contributed by atoms with Gasteiger partial charge in [0.2, 0.25) is 5.91 Å². The SMILES string of the molecule is O=C(O)c1ccc(CCC(=O)N2CCOC(c3ccccc3)C2)cc1. The zero-order chi connectivity index (χ0) is 17.6. The molecule has 2 aromatic rings. The van der Waals surface area contributed by atoms with Crippen molar-refractivity contribution < 1.29 is 19.4 Å². The van der Waals surface area contributed by atoms with Crippen LogP contribution in [0.5, 0.6) is 0 Å². The molecule has 0 aliphatic carbocycles. The van der Waals surface area contributed by atoms with E-state index in [0.717, 1.165) is 11.1 Å². The van der Waals surface area contributed by atoms with Gasteiger partial charge in [-0.05, 0) is 29.7 Å². The first kappa shape index (κ1) is 17.2. The van der Waals surface area contributed by atoms with Crippen molar-refractivity contribution >= 4 is 11.9 Å². The van der Waals surface area contributed by atoms with Crippen LogP contribution in [0.15, 0.2) is 54.6 Å². The van der Waals surface area contributed by atoms with Gasteiger partial charge in [0.25, 0.3) is 0 Å². The summed E-state index contributed by atoms with van der Waals surface area (Å²) in [6, 6.07) is 16.6. The Bertz CT molecular complexity index is 727. The van der Waals surface area contributed by atoms with Crippen LogP contribution in [-0.2, 0) is 16.0 Å². The Hall–Kier alpha value is -2.66. The number of aryl methyl sites for hydroxylation is 1. The molecule has 0 radical (unpaired) electrons. The van der Waals surface area contributed by atoms with Crippen LogP contribution in [0.3, 0.4) is 0 Å². The van der Waals surface area contributed by atoms with Gasteiger partial charge >= 0.3 is 5.97 Å². The van der Waals surface area contributed by atoms with Crippen molar-refractivity contribution in [1.29, 1.82) is 0 Å². The van der Waals surface area contributed by atoms with Gasteiger partial charge in [0.1, 0.15) is 6.10 Å². The first-order valence-electron chi connectivity index (χ1n) is 8.40. The number of ether oxygens (including phenoxy) is 1. The maximum atomic E-state index is 12.5. The normalized spacial score (nSPS) is 17.3. The number of aromatic carboxylic acids is 1. The van der Waals surface area contributed by atoms with Crippen LogP contribution in [0.4, 0.5) is 0 Å². The highest BCUT2D eigenvalue weighted by molar-refractivity contribution is 5.87. The Balaban J connectivity index is 1.55. The molecule has 5 nitrogen and oxygen atoms in total. The molecule has 0 aromatic heterocycles. The number of carbonyl (C=O) groups is 2. The quantitative estimate of drug-likeness (QED) is 0.909. The number of carboxylic acid groups (broad SMARTS) is 1. The maximum Gasteiger partial charge on any atom is 0.335 e. The van der Waals surface area contributed by atoms with Gasteiger partial charge in [-0.3, -0.25) is 4.79 Å². The van der Waals surface area contributed by atoms with Crippen LogP contribution >= 0.6 is 0 Å². The number of nitrogens with zero attached hydrogens (tertiary/aromatic N) is 1. The predicted octanol–water partition coefficient (Wildman–Crippen LogP) is 2.92. The molecule has 1 aliphatic heterocycles. The van der Waals surface area contributed by atoms with Crippen molar-refractivity contribution in [1.82, 2.24) is 4.90 Å². The Labute approximate surface area is 146 Å². The number of amides is 1. The first-order valence-corrected chi connectivity index (χ1v) is 8.40. The summed E-state index contributed by atoms with van der Waals surface area (Å²) in [4.78, 5) is 25.2. The second kappa shape index (κ2) is 7.94. The molecule has 1 amide bonds. The molecule has 1 N–H and O–H groups in total. The lowest BCUT2D eigenvalue weighted by Crippen LogP contribution is -2.42. The van der Waals surface area contributed by atoms with Crippen molar-refractivity contribution in [3.63, 3.8) is 0 Å². The molecule has 0 bridgehead atoms. The van der Waals surface area contributed by atoms with Gasteiger partial charge in [-0.1, -0.05) is 42.5 Å². The molecule has 1 fully saturated rings. The molecule has 1 unspecified atom stereocenters. The van der Waals surface area contributed by atoms with Crippen LogP contribution in [0, 0.1) is 0 Å². The zero-order valence-electron chi connectivity index (χ0n) is 13.9. The lowest BCUT2D eigenvalue weighted by atomic mass is 10.1. The minimum absolute atomic E-state index is 0.0752. The summed E-state index contributed by atoms with van der Waals surface area (Å²) in [7, 11) is 0. The minimum atomic E-state index is -0.942. The minimum Gasteiger partial charge on any atom is -0.478 e. The number of hydrogen-bond acceptors (Lipinski definition) is 3. The summed E-state index contributed by atoms with van der Waals surface area (Å²) < 4.78 is 5.79. The van der Waals surface area contributed by atoms with Crippen LogP contribution in [0.2, 0.25) is 0 Å². The number of morpholine rings is 1. The molecule has 5 heteroatoms. The van der Waals surface area contributed by atoms with E-state index in [0.29, 0.717) is 32.5 Å². The lowest BCUT2D eigenvalue weighted by Gasteiger charge is -2.33. The number of benzene rings is 2. The monoisotopic (exact) mass is 339 g/mol. The molecule has 25 heavy (non-hydrogen) atoms. The van der Waals surface area contributed by atoms with Crippen LogP contribution in [0.25, 0.3) is 0 Å². The van der Waals surface area contributed by atoms with E-state index in [-0.39, 0.29) is 17.6 Å². The summed E-state index contributed by atoms with van der Waals surface area (Å²) in [5.74, 6) is -0.838. The molecule has 0 spiro atoms. The molecule has 1 aliphatic rings. The summed E-state index contributed by atoms with van der Waals surface area (Å²) >= 11 is 0. The summed E-state index contributed by atoms with van der Waals surface area (Å²) in [5, 5.41) is 8.91. The van der Waals surface area contributed by atoms with E-state index in [2.05, 4.69) is 0 Å². The summed E-state index contributed by atoms with van der Waals surface area (Å²) in [6.07, 6.45) is 0.939. The smallest absolute Gasteiger partial charge is 0.335 e. The highest BCUT2D eigenvalue weighted by Crippen LogP contribution is 2.22. The Morgan fingerprint density at radius 2 is 1.80 bits per heavy atom. The van der Waals surface area contributed by atoms with Crippen LogP contribution < -0.4 is 0 Å². The van der Waals surface area contributed by atoms with E-state index >= 15 is 0 Å². The van der Waals surface area contributed by atoms with Gasteiger partial charge in [0.05, 0.1) is 18.7 Å². The summed E-state index contributed by atoms with van der Waals surface area (Å²) in [5.41, 5.74) is 2.31. The second-order valence-electron chi connectivity index (χ2n) is 6.11. The van der Waals surface area contributed by atoms with E-state index in [1.165, 1.54) is 0 Å². The van der Waals surface area contributed by atoms with Crippen molar-refractivity contribution in [3.8, 4) is 0 Å². The molecule has 1 heterocycles. The van der Waals surface area contributed by atoms with E-state index in [9.17, 15) is 9.59 Å². The average molecular weight is 339 g/mol. The Kier molecular flexibility index (Phi) is 5.46. The fourth-order valence-corrected chi connectivity index (χ4v) is 2.97. The van der Waals surface area contributed by atoms with Gasteiger partial charge in [-0.2, -0.15) is 0 Å². The molecule has 130 valence electrons. The standard InChI is InChI=1S/C20H21NO4/c22-19(11-8-15-6-9-17(10-7-15)20(23)24)21-12-13-25-18(14-21)16-4-2-1-3-5-16/h1-7,9-10,18H,8,11-14H2,(H,23,24). The molecular formula is C20H21NO4.